The van der Waals surface area contributed by atoms with Gasteiger partial charge in [0.25, 0.3) is 0 Å². The molecule has 0 saturated carbocycles. The van der Waals surface area contributed by atoms with E-state index in [1.165, 1.54) is 10.7 Å². The molecule has 2 heterocycles. The van der Waals surface area contributed by atoms with Gasteiger partial charge < -0.3 is 10.4 Å². The highest BCUT2D eigenvalue weighted by atomic mass is 35.5. The van der Waals surface area contributed by atoms with Gasteiger partial charge in [-0.3, -0.25) is 0 Å². The molecule has 0 aliphatic heterocycles. The molecule has 0 bridgehead atoms. The summed E-state index contributed by atoms with van der Waals surface area (Å²) in [4.78, 5) is 4.26. The highest BCUT2D eigenvalue weighted by Gasteiger charge is 2.26. The lowest BCUT2D eigenvalue weighted by Gasteiger charge is -2.22. The molecule has 0 amide bonds. The number of hydrogen-bond donors (Lipinski definition) is 2. The van der Waals surface area contributed by atoms with Gasteiger partial charge in [-0.25, -0.2) is 9.37 Å². The summed E-state index contributed by atoms with van der Waals surface area (Å²) in [5.41, 5.74) is 2.82. The lowest BCUT2D eigenvalue weighted by atomic mass is 9.93. The summed E-state index contributed by atoms with van der Waals surface area (Å²) in [7, 11) is 0. The first-order valence-corrected chi connectivity index (χ1v) is 8.89. The standard InChI is InChI=1S/C20H21FN4O.ClH/c21-15-5-3-4-14(12-15)9-11-22-16-7-8-18-17(13-16)20(26)25(24-18)19-6-1-2-10-23-19;/h1-6,10,12,16,22,26H,7-9,11,13H2;1H. The van der Waals surface area contributed by atoms with Crippen molar-refractivity contribution in [2.45, 2.75) is 31.7 Å². The van der Waals surface area contributed by atoms with Gasteiger partial charge in [0.05, 0.1) is 5.69 Å². The molecular weight excluding hydrogens is 367 g/mol. The molecule has 7 heteroatoms. The molecule has 2 aromatic heterocycles. The zero-order valence-corrected chi connectivity index (χ0v) is 15.6. The summed E-state index contributed by atoms with van der Waals surface area (Å²) >= 11 is 0. The van der Waals surface area contributed by atoms with Gasteiger partial charge in [0.15, 0.2) is 5.82 Å². The zero-order chi connectivity index (χ0) is 17.9. The number of hydrogen-bond acceptors (Lipinski definition) is 4. The van der Waals surface area contributed by atoms with E-state index in [0.717, 1.165) is 49.0 Å². The molecule has 1 aromatic carbocycles. The second kappa shape index (κ2) is 8.50. The predicted molar refractivity (Wildman–Crippen MR) is 104 cm³/mol. The topological polar surface area (TPSA) is 63.0 Å². The van der Waals surface area contributed by atoms with Crippen LogP contribution < -0.4 is 5.32 Å². The average Bonchev–Trinajstić information content (AvgIpc) is 2.99. The lowest BCUT2D eigenvalue weighted by molar-refractivity contribution is 0.413. The van der Waals surface area contributed by atoms with Gasteiger partial charge in [0.2, 0.25) is 5.88 Å². The highest BCUT2D eigenvalue weighted by molar-refractivity contribution is 5.85. The molecule has 1 aliphatic carbocycles. The third kappa shape index (κ3) is 4.28. The van der Waals surface area contributed by atoms with Crippen LogP contribution in [0.3, 0.4) is 0 Å². The quantitative estimate of drug-likeness (QED) is 0.704. The van der Waals surface area contributed by atoms with Crippen LogP contribution in [0.5, 0.6) is 5.88 Å². The van der Waals surface area contributed by atoms with Crippen LogP contribution in [0.4, 0.5) is 4.39 Å². The van der Waals surface area contributed by atoms with E-state index in [0.29, 0.717) is 5.82 Å². The first kappa shape index (κ1) is 19.3. The van der Waals surface area contributed by atoms with Crippen molar-refractivity contribution in [3.8, 4) is 11.7 Å². The maximum atomic E-state index is 13.2. The molecule has 0 spiro atoms. The summed E-state index contributed by atoms with van der Waals surface area (Å²) in [6, 6.07) is 12.5. The zero-order valence-electron chi connectivity index (χ0n) is 14.8. The maximum Gasteiger partial charge on any atom is 0.219 e. The number of aromatic hydroxyl groups is 1. The van der Waals surface area contributed by atoms with Gasteiger partial charge >= 0.3 is 0 Å². The van der Waals surface area contributed by atoms with Crippen LogP contribution in [0.1, 0.15) is 23.2 Å². The molecule has 4 rings (SSSR count). The third-order valence-electron chi connectivity index (χ3n) is 4.82. The van der Waals surface area contributed by atoms with Crippen LogP contribution in [0, 0.1) is 5.82 Å². The molecule has 0 radical (unpaired) electrons. The van der Waals surface area contributed by atoms with E-state index >= 15 is 0 Å². The first-order chi connectivity index (χ1) is 12.7. The van der Waals surface area contributed by atoms with E-state index in [1.54, 1.807) is 18.3 Å². The van der Waals surface area contributed by atoms with Gasteiger partial charge in [-0.15, -0.1) is 12.4 Å². The maximum absolute atomic E-state index is 13.2. The lowest BCUT2D eigenvalue weighted by Crippen LogP contribution is -2.35. The predicted octanol–water partition coefficient (Wildman–Crippen LogP) is 3.22. The number of rotatable bonds is 5. The van der Waals surface area contributed by atoms with Crippen molar-refractivity contribution in [2.75, 3.05) is 6.54 Å². The van der Waals surface area contributed by atoms with Gasteiger partial charge in [-0.2, -0.15) is 9.78 Å². The van der Waals surface area contributed by atoms with Crippen LogP contribution in [0.15, 0.2) is 48.7 Å². The summed E-state index contributed by atoms with van der Waals surface area (Å²) in [5.74, 6) is 0.599. The van der Waals surface area contributed by atoms with E-state index in [1.807, 2.05) is 24.3 Å². The molecule has 142 valence electrons. The molecule has 0 fully saturated rings. The molecule has 2 N–H and O–H groups in total. The number of aryl methyl sites for hydroxylation is 1. The number of nitrogens with one attached hydrogen (secondary N) is 1. The van der Waals surface area contributed by atoms with Gasteiger partial charge in [0, 0.05) is 17.8 Å². The molecule has 0 saturated heterocycles. The number of pyridine rings is 1. The van der Waals surface area contributed by atoms with E-state index < -0.39 is 0 Å². The summed E-state index contributed by atoms with van der Waals surface area (Å²) < 4.78 is 14.8. The second-order valence-electron chi connectivity index (χ2n) is 6.62. The fourth-order valence-corrected chi connectivity index (χ4v) is 3.48. The third-order valence-corrected chi connectivity index (χ3v) is 4.82. The Bertz CT molecular complexity index is 900. The van der Waals surface area contributed by atoms with Crippen molar-refractivity contribution in [3.63, 3.8) is 0 Å². The number of benzene rings is 1. The highest BCUT2D eigenvalue weighted by Crippen LogP contribution is 2.30. The van der Waals surface area contributed by atoms with Crippen molar-refractivity contribution in [2.24, 2.45) is 0 Å². The largest absolute Gasteiger partial charge is 0.493 e. The second-order valence-corrected chi connectivity index (χ2v) is 6.62. The van der Waals surface area contributed by atoms with Crippen molar-refractivity contribution >= 4 is 12.4 Å². The van der Waals surface area contributed by atoms with Crippen LogP contribution >= 0.6 is 12.4 Å². The Hall–Kier alpha value is -2.44. The fraction of sp³-hybridized carbons (Fsp3) is 0.300. The van der Waals surface area contributed by atoms with E-state index in [2.05, 4.69) is 15.4 Å². The molecule has 3 aromatic rings. The van der Waals surface area contributed by atoms with Crippen molar-refractivity contribution in [1.82, 2.24) is 20.1 Å². The first-order valence-electron chi connectivity index (χ1n) is 8.89. The molecule has 1 atom stereocenters. The Balaban J connectivity index is 0.00000210. The van der Waals surface area contributed by atoms with Gasteiger partial charge in [-0.1, -0.05) is 18.2 Å². The number of nitrogens with zero attached hydrogens (tertiary/aromatic N) is 3. The molecule has 5 nitrogen and oxygen atoms in total. The number of aromatic nitrogens is 3. The number of fused-ring (bicyclic) bond motifs is 1. The van der Waals surface area contributed by atoms with Gasteiger partial charge in [-0.05, 0) is 62.1 Å². The summed E-state index contributed by atoms with van der Waals surface area (Å²) in [6.45, 7) is 0.776. The molecule has 1 aliphatic rings. The Morgan fingerprint density at radius 2 is 2.11 bits per heavy atom. The van der Waals surface area contributed by atoms with Crippen LogP contribution in [0.2, 0.25) is 0 Å². The Morgan fingerprint density at radius 3 is 2.89 bits per heavy atom. The summed E-state index contributed by atoms with van der Waals surface area (Å²) in [5, 5.41) is 18.6. The normalized spacial score (nSPS) is 15.8. The fourth-order valence-electron chi connectivity index (χ4n) is 3.48. The van der Waals surface area contributed by atoms with Crippen LogP contribution in [0.25, 0.3) is 5.82 Å². The SMILES string of the molecule is Cl.Oc1c2c(nn1-c1ccccn1)CCC(NCCc1cccc(F)c1)C2. The van der Waals surface area contributed by atoms with E-state index in [-0.39, 0.29) is 30.1 Å². The minimum absolute atomic E-state index is 0. The van der Waals surface area contributed by atoms with Crippen molar-refractivity contribution in [3.05, 3.63) is 71.3 Å². The Morgan fingerprint density at radius 1 is 1.22 bits per heavy atom. The smallest absolute Gasteiger partial charge is 0.219 e. The number of halogens is 2. The molecule has 27 heavy (non-hydrogen) atoms. The van der Waals surface area contributed by atoms with Crippen molar-refractivity contribution in [1.29, 1.82) is 0 Å². The molecular formula is C20H22ClFN4O. The van der Waals surface area contributed by atoms with Gasteiger partial charge in [0.1, 0.15) is 5.82 Å². The van der Waals surface area contributed by atoms with E-state index in [9.17, 15) is 9.50 Å². The van der Waals surface area contributed by atoms with E-state index in [4.69, 9.17) is 0 Å². The van der Waals surface area contributed by atoms with Crippen LogP contribution in [-0.4, -0.2) is 32.5 Å². The average molecular weight is 389 g/mol. The van der Waals surface area contributed by atoms with Crippen LogP contribution in [-0.2, 0) is 19.3 Å². The molecule has 1 unspecified atom stereocenters. The Labute approximate surface area is 163 Å². The minimum atomic E-state index is -0.198. The minimum Gasteiger partial charge on any atom is -0.493 e. The summed E-state index contributed by atoms with van der Waals surface area (Å²) in [6.07, 6.45) is 4.98. The Kier molecular flexibility index (Phi) is 6.08. The monoisotopic (exact) mass is 388 g/mol. The van der Waals surface area contributed by atoms with Crippen molar-refractivity contribution < 1.29 is 9.50 Å².